The van der Waals surface area contributed by atoms with Crippen LogP contribution in [0.3, 0.4) is 0 Å². The number of hydrogen-bond donors (Lipinski definition) is 0. The standard InChI is InChI=1S/CH2Cl2.2H4O5P2.W/c2-1-3;2*1-6(2)5-7(3)4;/h1H2;2*6-7H,(H,1,2)(H,3,4);/q;;;+4/p-4. The Balaban J connectivity index is -0.0000000857. The number of hydrogen-bond acceptors (Lipinski definition) is 10. The topological polar surface area (TPSA) is 179 Å². The Kier molecular flexibility index (Phi) is 33.2. The molecule has 10 nitrogen and oxygen atoms in total. The predicted octanol–water partition coefficient (Wildman–Crippen LogP) is -1.58. The summed E-state index contributed by atoms with van der Waals surface area (Å²) in [5.41, 5.74) is 0. The van der Waals surface area contributed by atoms with E-state index in [4.69, 9.17) is 23.2 Å². The fraction of sp³-hybridized carbons (Fsp3) is 1.00. The van der Waals surface area contributed by atoms with E-state index in [0.29, 0.717) is 0 Å². The zero-order valence-corrected chi connectivity index (χ0v) is 16.4. The molecule has 0 rings (SSSR count). The second-order valence-corrected chi connectivity index (χ2v) is 5.75. The summed E-state index contributed by atoms with van der Waals surface area (Å²) >= 11 is 9.53. The molecule has 18 heavy (non-hydrogen) atoms. The van der Waals surface area contributed by atoms with Gasteiger partial charge in [0.2, 0.25) is 0 Å². The Morgan fingerprint density at radius 3 is 0.833 bits per heavy atom. The first kappa shape index (κ1) is 28.2. The average molecular weight is 557 g/mol. The van der Waals surface area contributed by atoms with Gasteiger partial charge in [-0.2, -0.15) is 0 Å². The summed E-state index contributed by atoms with van der Waals surface area (Å²) in [6.45, 7) is 0. The number of rotatable bonds is 4. The van der Waals surface area contributed by atoms with E-state index < -0.39 is 33.0 Å². The number of alkyl halides is 2. The van der Waals surface area contributed by atoms with E-state index in [2.05, 4.69) is 8.62 Å². The van der Waals surface area contributed by atoms with E-state index in [0.717, 1.165) is 0 Å². The fourth-order valence-corrected chi connectivity index (χ4v) is 1.22. The van der Waals surface area contributed by atoms with Crippen LogP contribution in [0.2, 0.25) is 0 Å². The van der Waals surface area contributed by atoms with Crippen LogP contribution in [0.5, 0.6) is 0 Å². The Morgan fingerprint density at radius 2 is 0.833 bits per heavy atom. The minimum absolute atomic E-state index is 0. The largest absolute Gasteiger partial charge is 4.00 e. The van der Waals surface area contributed by atoms with Crippen molar-refractivity contribution < 1.29 is 67.5 Å². The molecule has 0 saturated carbocycles. The molecule has 0 saturated heterocycles. The molecule has 0 aliphatic carbocycles. The summed E-state index contributed by atoms with van der Waals surface area (Å²) in [4.78, 5) is 37.1. The third-order valence-electron chi connectivity index (χ3n) is 0.333. The first-order valence-corrected chi connectivity index (χ1v) is 8.95. The van der Waals surface area contributed by atoms with E-state index in [-0.39, 0.29) is 26.4 Å². The summed E-state index contributed by atoms with van der Waals surface area (Å²) in [5.74, 6) is 0. The van der Waals surface area contributed by atoms with Gasteiger partial charge in [0.1, 0.15) is 33.0 Å². The molecular formula is CH6Cl2O10P4W. The van der Waals surface area contributed by atoms with Crippen LogP contribution in [0, 0.1) is 0 Å². The van der Waals surface area contributed by atoms with Crippen molar-refractivity contribution in [2.24, 2.45) is 0 Å². The fourth-order valence-electron chi connectivity index (χ4n) is 0.136. The van der Waals surface area contributed by atoms with E-state index >= 15 is 0 Å². The van der Waals surface area contributed by atoms with Crippen LogP contribution in [-0.2, 0) is 47.9 Å². The van der Waals surface area contributed by atoms with Crippen LogP contribution in [0.15, 0.2) is 0 Å². The number of halogens is 2. The van der Waals surface area contributed by atoms with Gasteiger partial charge in [0.25, 0.3) is 0 Å². The zero-order valence-electron chi connectivity index (χ0n) is 7.95. The van der Waals surface area contributed by atoms with Gasteiger partial charge in [-0.25, -0.2) is 0 Å². The Labute approximate surface area is 129 Å². The van der Waals surface area contributed by atoms with Crippen molar-refractivity contribution in [2.45, 2.75) is 0 Å². The quantitative estimate of drug-likeness (QED) is 0.290. The molecule has 0 amide bonds. The van der Waals surface area contributed by atoms with Crippen molar-refractivity contribution >= 4 is 56.2 Å². The SMILES string of the molecule is ClCCl.O=[PH]([O-])O[PH](=O)[O-].O=[PH]([O-])O[PH](=O)[O-].[W+4]. The smallest absolute Gasteiger partial charge is 0.781 e. The van der Waals surface area contributed by atoms with Crippen molar-refractivity contribution in [3.8, 4) is 0 Å². The maximum absolute atomic E-state index is 9.29. The van der Waals surface area contributed by atoms with Crippen molar-refractivity contribution in [3.63, 3.8) is 0 Å². The summed E-state index contributed by atoms with van der Waals surface area (Å²) in [6, 6.07) is 0. The molecule has 0 aromatic carbocycles. The van der Waals surface area contributed by atoms with Gasteiger partial charge in [-0.15, -0.1) is 23.2 Å². The summed E-state index contributed by atoms with van der Waals surface area (Å²) in [7, 11) is -14.1. The van der Waals surface area contributed by atoms with Gasteiger partial charge in [0, 0.05) is 0 Å². The molecule has 0 fully saturated rings. The molecule has 0 spiro atoms. The first-order chi connectivity index (χ1) is 7.67. The van der Waals surface area contributed by atoms with Crippen molar-refractivity contribution in [1.29, 1.82) is 0 Å². The molecule has 0 heterocycles. The average Bonchev–Trinajstić information content (AvgIpc) is 1.99. The van der Waals surface area contributed by atoms with Gasteiger partial charge < -0.3 is 37.8 Å². The molecule has 0 aliphatic rings. The maximum Gasteiger partial charge on any atom is 4.00 e. The third-order valence-corrected chi connectivity index (χ3v) is 3.00. The minimum atomic E-state index is -3.51. The van der Waals surface area contributed by atoms with Crippen LogP contribution in [0.1, 0.15) is 0 Å². The summed E-state index contributed by atoms with van der Waals surface area (Å²) in [6.07, 6.45) is 0. The van der Waals surface area contributed by atoms with Gasteiger partial charge in [-0.05, 0) is 0 Å². The molecule has 0 aromatic rings. The molecule has 4 atom stereocenters. The molecule has 110 valence electrons. The molecular weight excluding hydrogens is 551 g/mol. The molecule has 0 bridgehead atoms. The Bertz CT molecular complexity index is 223. The Morgan fingerprint density at radius 1 is 0.722 bits per heavy atom. The molecule has 0 radical (unpaired) electrons. The van der Waals surface area contributed by atoms with Crippen molar-refractivity contribution in [1.82, 2.24) is 0 Å². The van der Waals surface area contributed by atoms with E-state index in [9.17, 15) is 37.8 Å². The summed E-state index contributed by atoms with van der Waals surface area (Å²) < 4.78 is 43.6. The van der Waals surface area contributed by atoms with Crippen molar-refractivity contribution in [3.05, 3.63) is 0 Å². The van der Waals surface area contributed by atoms with Crippen molar-refractivity contribution in [2.75, 3.05) is 5.34 Å². The van der Waals surface area contributed by atoms with Crippen LogP contribution in [-0.4, -0.2) is 5.34 Å². The van der Waals surface area contributed by atoms with Gasteiger partial charge in [-0.1, -0.05) is 0 Å². The first-order valence-electron chi connectivity index (χ1n) is 2.98. The second-order valence-electron chi connectivity index (χ2n) is 1.31. The van der Waals surface area contributed by atoms with E-state index in [1.54, 1.807) is 0 Å². The normalized spacial score (nSPS) is 15.4. The van der Waals surface area contributed by atoms with Gasteiger partial charge >= 0.3 is 21.1 Å². The third kappa shape index (κ3) is 52.1. The summed E-state index contributed by atoms with van der Waals surface area (Å²) in [5, 5.41) is 0.194. The molecule has 0 aromatic heterocycles. The maximum atomic E-state index is 9.29. The molecule has 4 unspecified atom stereocenters. The van der Waals surface area contributed by atoms with Crippen LogP contribution >= 0.6 is 56.2 Å². The Hall–Kier alpha value is 1.95. The predicted molar refractivity (Wildman–Crippen MR) is 54.7 cm³/mol. The van der Waals surface area contributed by atoms with Gasteiger partial charge in [0.15, 0.2) is 0 Å². The molecule has 17 heteroatoms. The van der Waals surface area contributed by atoms with Crippen LogP contribution < -0.4 is 19.6 Å². The minimum Gasteiger partial charge on any atom is -0.781 e. The monoisotopic (exact) mass is 556 g/mol. The second kappa shape index (κ2) is 21.3. The van der Waals surface area contributed by atoms with E-state index in [1.807, 2.05) is 0 Å². The zero-order chi connectivity index (χ0) is 14.4. The molecule has 0 aliphatic heterocycles. The van der Waals surface area contributed by atoms with Crippen LogP contribution in [0.4, 0.5) is 0 Å². The van der Waals surface area contributed by atoms with Crippen LogP contribution in [0.25, 0.3) is 0 Å². The van der Waals surface area contributed by atoms with E-state index in [1.165, 1.54) is 0 Å². The van der Waals surface area contributed by atoms with Gasteiger partial charge in [0.05, 0.1) is 5.34 Å². The molecule has 0 N–H and O–H groups in total. The van der Waals surface area contributed by atoms with Gasteiger partial charge in [-0.3, -0.25) is 8.62 Å².